The number of halogens is 3. The van der Waals surface area contributed by atoms with E-state index < -0.39 is 17.6 Å². The fourth-order valence-electron chi connectivity index (χ4n) is 5.92. The predicted molar refractivity (Wildman–Crippen MR) is 180 cm³/mol. The van der Waals surface area contributed by atoms with Gasteiger partial charge in [0.05, 0.1) is 21.8 Å². The van der Waals surface area contributed by atoms with Crippen LogP contribution in [0.4, 0.5) is 35.4 Å². The lowest BCUT2D eigenvalue weighted by atomic mass is 10.0. The maximum Gasteiger partial charge on any atom is 0.416 e. The van der Waals surface area contributed by atoms with Crippen molar-refractivity contribution in [1.82, 2.24) is 19.8 Å². The molecule has 1 amide bonds. The number of carbonyl (C=O) groups excluding carboxylic acids is 1. The number of piperazine rings is 1. The maximum atomic E-state index is 14.0. The fourth-order valence-corrected chi connectivity index (χ4v) is 6.53. The lowest BCUT2D eigenvalue weighted by Crippen LogP contribution is -2.52. The zero-order valence-corrected chi connectivity index (χ0v) is 27.5. The second kappa shape index (κ2) is 13.9. The number of thiazole rings is 1. The summed E-state index contributed by atoms with van der Waals surface area (Å²) in [5.41, 5.74) is 14.1. The SMILES string of the molecule is Cc1ccc(C(=O)Nc2cc(N3CCC(N4CCN(C)CC4)CC3)cc(C(F)(F)F)c2)cc1N(/C=C(\N)c1cnc(N)s1)N(C)C. The van der Waals surface area contributed by atoms with Crippen LogP contribution in [0.1, 0.15) is 39.2 Å². The van der Waals surface area contributed by atoms with Crippen molar-refractivity contribution in [3.8, 4) is 0 Å². The Kier molecular flexibility index (Phi) is 10.1. The Morgan fingerprint density at radius 3 is 2.37 bits per heavy atom. The Morgan fingerprint density at radius 1 is 1.07 bits per heavy atom. The first-order valence-corrected chi connectivity index (χ1v) is 16.1. The van der Waals surface area contributed by atoms with Crippen molar-refractivity contribution >= 4 is 45.1 Å². The van der Waals surface area contributed by atoms with Gasteiger partial charge in [-0.25, -0.2) is 9.99 Å². The molecule has 0 atom stereocenters. The molecular formula is C32H42F3N9OS. The first-order valence-electron chi connectivity index (χ1n) is 15.3. The Hall–Kier alpha value is -3.85. The number of nitrogens with two attached hydrogens (primary N) is 2. The van der Waals surface area contributed by atoms with Gasteiger partial charge >= 0.3 is 6.18 Å². The standard InChI is InChI=1S/C32H42F3N9OS/c1-21-5-6-22(15-28(21)44(40(2)3)20-27(36)29-19-38-31(37)46-29)30(45)39-24-16-23(32(33,34)35)17-26(18-24)42-9-7-25(8-10-42)43-13-11-41(4)12-14-43/h5-6,15-20,25H,7-14,36H2,1-4H3,(H2,37,38)(H,39,45)/b27-20-. The quantitative estimate of drug-likeness (QED) is 0.296. The lowest BCUT2D eigenvalue weighted by Gasteiger charge is -2.42. The first kappa shape index (κ1) is 33.5. The van der Waals surface area contributed by atoms with Crippen molar-refractivity contribution in [2.45, 2.75) is 32.0 Å². The van der Waals surface area contributed by atoms with Gasteiger partial charge in [-0.2, -0.15) is 13.2 Å². The van der Waals surface area contributed by atoms with Crippen LogP contribution >= 0.6 is 11.3 Å². The molecule has 10 nitrogen and oxygen atoms in total. The van der Waals surface area contributed by atoms with E-state index in [-0.39, 0.29) is 11.3 Å². The molecule has 2 aromatic carbocycles. The molecule has 5 rings (SSSR count). The molecule has 248 valence electrons. The number of nitrogens with zero attached hydrogens (tertiary/aromatic N) is 6. The van der Waals surface area contributed by atoms with Crippen molar-refractivity contribution in [1.29, 1.82) is 0 Å². The van der Waals surface area contributed by atoms with Gasteiger partial charge in [0.15, 0.2) is 5.13 Å². The van der Waals surface area contributed by atoms with E-state index in [1.54, 1.807) is 46.7 Å². The smallest absolute Gasteiger partial charge is 0.396 e. The molecule has 0 spiro atoms. The summed E-state index contributed by atoms with van der Waals surface area (Å²) in [5, 5.41) is 6.70. The van der Waals surface area contributed by atoms with Crippen molar-refractivity contribution in [3.63, 3.8) is 0 Å². The van der Waals surface area contributed by atoms with Crippen LogP contribution in [-0.4, -0.2) is 92.2 Å². The highest BCUT2D eigenvalue weighted by Crippen LogP contribution is 2.36. The number of anilines is 4. The third kappa shape index (κ3) is 7.92. The highest BCUT2D eigenvalue weighted by molar-refractivity contribution is 7.16. The summed E-state index contributed by atoms with van der Waals surface area (Å²) in [6, 6.07) is 9.36. The summed E-state index contributed by atoms with van der Waals surface area (Å²) in [4.78, 5) is 25.1. The Bertz CT molecular complexity index is 1560. The number of likely N-dealkylation sites (N-methyl/N-ethyl adjacent to an activating group) is 1. The molecule has 0 bridgehead atoms. The molecule has 2 aliphatic heterocycles. The van der Waals surface area contributed by atoms with E-state index in [1.165, 1.54) is 17.4 Å². The summed E-state index contributed by atoms with van der Waals surface area (Å²) >= 11 is 1.26. The van der Waals surface area contributed by atoms with E-state index >= 15 is 0 Å². The van der Waals surface area contributed by atoms with Gasteiger partial charge < -0.3 is 26.6 Å². The van der Waals surface area contributed by atoms with Gasteiger partial charge in [-0.05, 0) is 62.7 Å². The number of hydrazine groups is 1. The monoisotopic (exact) mass is 657 g/mol. The number of rotatable bonds is 8. The largest absolute Gasteiger partial charge is 0.416 e. The minimum absolute atomic E-state index is 0.0922. The highest BCUT2D eigenvalue weighted by Gasteiger charge is 2.33. The molecule has 2 aliphatic rings. The van der Waals surface area contributed by atoms with Crippen molar-refractivity contribution in [2.24, 2.45) is 5.73 Å². The van der Waals surface area contributed by atoms with Gasteiger partial charge in [0.2, 0.25) is 0 Å². The van der Waals surface area contributed by atoms with Gasteiger partial charge in [-0.3, -0.25) is 14.7 Å². The van der Waals surface area contributed by atoms with Crippen LogP contribution in [0.15, 0.2) is 48.8 Å². The molecule has 0 radical (unpaired) electrons. The summed E-state index contributed by atoms with van der Waals surface area (Å²) in [6.07, 6.45) is 0.501. The summed E-state index contributed by atoms with van der Waals surface area (Å²) in [5.74, 6) is -0.522. The Labute approximate surface area is 272 Å². The number of piperidine rings is 1. The van der Waals surface area contributed by atoms with Gasteiger partial charge in [0.25, 0.3) is 5.91 Å². The molecule has 5 N–H and O–H groups in total. The van der Waals surface area contributed by atoms with Gasteiger partial charge in [-0.15, -0.1) is 0 Å². The van der Waals surface area contributed by atoms with Crippen LogP contribution in [0.2, 0.25) is 0 Å². The van der Waals surface area contributed by atoms with Crippen LogP contribution in [-0.2, 0) is 6.18 Å². The van der Waals surface area contributed by atoms with E-state index in [9.17, 15) is 18.0 Å². The minimum Gasteiger partial charge on any atom is -0.396 e. The number of benzene rings is 2. The number of alkyl halides is 3. The number of hydrogen-bond acceptors (Lipinski definition) is 10. The number of carbonyl (C=O) groups is 1. The van der Waals surface area contributed by atoms with Crippen LogP contribution < -0.4 is 26.7 Å². The Morgan fingerprint density at radius 2 is 1.76 bits per heavy atom. The molecule has 1 aromatic heterocycles. The normalized spacial score (nSPS) is 17.5. The van der Waals surface area contributed by atoms with E-state index in [2.05, 4.69) is 27.1 Å². The van der Waals surface area contributed by atoms with Crippen LogP contribution in [0.5, 0.6) is 0 Å². The van der Waals surface area contributed by atoms with E-state index in [1.807, 2.05) is 25.9 Å². The average molecular weight is 658 g/mol. The molecule has 0 unspecified atom stereocenters. The molecule has 2 fully saturated rings. The molecule has 3 heterocycles. The van der Waals surface area contributed by atoms with Crippen LogP contribution in [0, 0.1) is 6.92 Å². The van der Waals surface area contributed by atoms with Gasteiger partial charge in [0, 0.05) is 88.7 Å². The number of nitrogens with one attached hydrogen (secondary N) is 1. The molecular weight excluding hydrogens is 615 g/mol. The molecule has 0 saturated carbocycles. The summed E-state index contributed by atoms with van der Waals surface area (Å²) in [6.45, 7) is 7.28. The number of aromatic nitrogens is 1. The number of nitrogen functional groups attached to an aromatic ring is 1. The molecule has 14 heteroatoms. The topological polar surface area (TPSA) is 110 Å². The second-order valence-corrected chi connectivity index (χ2v) is 13.2. The molecule has 46 heavy (non-hydrogen) atoms. The van der Waals surface area contributed by atoms with E-state index in [0.717, 1.165) is 50.7 Å². The van der Waals surface area contributed by atoms with Crippen LogP contribution in [0.3, 0.4) is 0 Å². The third-order valence-corrected chi connectivity index (χ3v) is 9.48. The number of aryl methyl sites for hydroxylation is 1. The minimum atomic E-state index is -4.56. The molecule has 3 aromatic rings. The summed E-state index contributed by atoms with van der Waals surface area (Å²) < 4.78 is 42.1. The third-order valence-electron chi connectivity index (χ3n) is 8.61. The van der Waals surface area contributed by atoms with Crippen molar-refractivity contribution < 1.29 is 18.0 Å². The zero-order chi connectivity index (χ0) is 33.2. The lowest BCUT2D eigenvalue weighted by molar-refractivity contribution is -0.137. The summed E-state index contributed by atoms with van der Waals surface area (Å²) in [7, 11) is 5.78. The van der Waals surface area contributed by atoms with E-state index in [0.29, 0.717) is 46.2 Å². The molecule has 0 aliphatic carbocycles. The number of amides is 1. The highest BCUT2D eigenvalue weighted by atomic mass is 32.1. The van der Waals surface area contributed by atoms with Crippen LogP contribution in [0.25, 0.3) is 5.70 Å². The molecule has 2 saturated heterocycles. The second-order valence-electron chi connectivity index (χ2n) is 12.1. The van der Waals surface area contributed by atoms with Gasteiger partial charge in [0.1, 0.15) is 0 Å². The van der Waals surface area contributed by atoms with Crippen molar-refractivity contribution in [2.75, 3.05) is 81.4 Å². The van der Waals surface area contributed by atoms with Gasteiger partial charge in [-0.1, -0.05) is 17.4 Å². The number of hydrogen-bond donors (Lipinski definition) is 3. The Balaban J connectivity index is 1.35. The zero-order valence-electron chi connectivity index (χ0n) is 26.6. The van der Waals surface area contributed by atoms with E-state index in [4.69, 9.17) is 11.5 Å². The predicted octanol–water partition coefficient (Wildman–Crippen LogP) is 4.76. The van der Waals surface area contributed by atoms with Crippen molar-refractivity contribution in [3.05, 3.63) is 70.4 Å². The first-order chi connectivity index (χ1) is 21.8. The fraction of sp³-hybridized carbons (Fsp3) is 0.438. The average Bonchev–Trinajstić information content (AvgIpc) is 3.46. The maximum absolute atomic E-state index is 14.0.